The number of furan rings is 1. The van der Waals surface area contributed by atoms with Crippen molar-refractivity contribution in [2.75, 3.05) is 0 Å². The summed E-state index contributed by atoms with van der Waals surface area (Å²) in [6.45, 7) is 1.98. The molecule has 0 unspecified atom stereocenters. The molecule has 8 aromatic rings. The standard InChI is InChI=1S/C25H15FN3O.C11H8N.Ir/c1-15-13-27-14-20-23(15)28-25(29(20)16-7-3-2-4-8-16)18-11-12-19(26)22-17-9-5-6-10-21(17)30-24(18)22;1-2-6-10(7-3-1)11-8-4-5-9-12-11;/h2-10,12-14H,1H3;1-6,8-9H;/q2*-1;. The average Bonchev–Trinajstić information content (AvgIpc) is 3.64. The number of benzene rings is 4. The van der Waals surface area contributed by atoms with Gasteiger partial charge < -0.3 is 14.0 Å². The van der Waals surface area contributed by atoms with Gasteiger partial charge in [0.1, 0.15) is 5.58 Å². The van der Waals surface area contributed by atoms with Crippen LogP contribution in [0.3, 0.4) is 0 Å². The molecule has 5 nitrogen and oxygen atoms in total. The topological polar surface area (TPSA) is 56.7 Å². The van der Waals surface area contributed by atoms with Crippen LogP contribution in [0, 0.1) is 24.9 Å². The zero-order chi connectivity index (χ0) is 28.5. The third-order valence-corrected chi connectivity index (χ3v) is 7.04. The van der Waals surface area contributed by atoms with E-state index in [2.05, 4.69) is 22.1 Å². The summed E-state index contributed by atoms with van der Waals surface area (Å²) in [6.07, 6.45) is 5.38. The van der Waals surface area contributed by atoms with E-state index < -0.39 is 0 Å². The van der Waals surface area contributed by atoms with Crippen molar-refractivity contribution in [1.82, 2.24) is 19.5 Å². The van der Waals surface area contributed by atoms with Crippen molar-refractivity contribution in [2.24, 2.45) is 0 Å². The van der Waals surface area contributed by atoms with Crippen molar-refractivity contribution in [3.05, 3.63) is 145 Å². The van der Waals surface area contributed by atoms with Gasteiger partial charge in [0.15, 0.2) is 0 Å². The van der Waals surface area contributed by atoms with Crippen LogP contribution in [0.15, 0.2) is 126 Å². The minimum absolute atomic E-state index is 0. The average molecular weight is 739 g/mol. The number of rotatable bonds is 3. The summed E-state index contributed by atoms with van der Waals surface area (Å²) in [5, 5.41) is 1.18. The Hall–Kier alpha value is -4.97. The quantitative estimate of drug-likeness (QED) is 0.170. The van der Waals surface area contributed by atoms with Crippen molar-refractivity contribution < 1.29 is 28.9 Å². The van der Waals surface area contributed by atoms with Crippen molar-refractivity contribution in [1.29, 1.82) is 0 Å². The molecule has 43 heavy (non-hydrogen) atoms. The molecule has 7 heteroatoms. The molecule has 8 rings (SSSR count). The Bertz CT molecular complexity index is 2120. The summed E-state index contributed by atoms with van der Waals surface area (Å²) in [4.78, 5) is 13.5. The van der Waals surface area contributed by atoms with E-state index in [1.807, 2.05) is 109 Å². The Balaban J connectivity index is 0.000000213. The molecule has 0 fully saturated rings. The second kappa shape index (κ2) is 12.1. The molecule has 0 spiro atoms. The number of para-hydroxylation sites is 2. The minimum Gasteiger partial charge on any atom is -0.500 e. The summed E-state index contributed by atoms with van der Waals surface area (Å²) < 4.78 is 22.9. The number of halogens is 1. The summed E-state index contributed by atoms with van der Waals surface area (Å²) >= 11 is 0. The molecule has 0 aliphatic heterocycles. The Morgan fingerprint density at radius 2 is 1.63 bits per heavy atom. The fourth-order valence-electron chi connectivity index (χ4n) is 5.10. The van der Waals surface area contributed by atoms with E-state index in [0.29, 0.717) is 27.9 Å². The van der Waals surface area contributed by atoms with E-state index in [1.54, 1.807) is 18.6 Å². The Morgan fingerprint density at radius 3 is 2.42 bits per heavy atom. The minimum atomic E-state index is -0.362. The maximum Gasteiger partial charge on any atom is 0.121 e. The van der Waals surface area contributed by atoms with E-state index in [9.17, 15) is 4.39 Å². The van der Waals surface area contributed by atoms with Crippen LogP contribution in [-0.2, 0) is 20.1 Å². The van der Waals surface area contributed by atoms with Crippen LogP contribution >= 0.6 is 0 Å². The van der Waals surface area contributed by atoms with Gasteiger partial charge >= 0.3 is 0 Å². The number of hydrogen-bond acceptors (Lipinski definition) is 4. The molecule has 0 atom stereocenters. The van der Waals surface area contributed by atoms with Gasteiger partial charge in [-0.3, -0.25) is 14.4 Å². The maximum absolute atomic E-state index is 14.8. The van der Waals surface area contributed by atoms with Crippen molar-refractivity contribution >= 4 is 33.0 Å². The van der Waals surface area contributed by atoms with Crippen molar-refractivity contribution in [3.63, 3.8) is 0 Å². The van der Waals surface area contributed by atoms with Gasteiger partial charge in [0.25, 0.3) is 0 Å². The molecule has 211 valence electrons. The first-order valence-corrected chi connectivity index (χ1v) is 13.5. The zero-order valence-electron chi connectivity index (χ0n) is 23.0. The van der Waals surface area contributed by atoms with E-state index >= 15 is 0 Å². The van der Waals surface area contributed by atoms with Crippen LogP contribution in [0.5, 0.6) is 0 Å². The molecule has 4 aromatic carbocycles. The van der Waals surface area contributed by atoms with Crippen LogP contribution in [0.1, 0.15) is 5.56 Å². The number of fused-ring (bicyclic) bond motifs is 4. The van der Waals surface area contributed by atoms with Crippen molar-refractivity contribution in [3.8, 4) is 28.3 Å². The molecule has 0 aliphatic rings. The first-order valence-electron chi connectivity index (χ1n) is 13.5. The molecule has 0 saturated heterocycles. The fourth-order valence-corrected chi connectivity index (χ4v) is 5.10. The van der Waals surface area contributed by atoms with Gasteiger partial charge in [0.05, 0.1) is 28.6 Å². The SMILES string of the molecule is Cc1cncc2c1nc(-c1[c-]cc(F)c3c1oc1ccccc13)n2-c1ccccc1.[Ir].[c-]1ccccc1-c1ccccn1. The molecule has 4 heterocycles. The predicted molar refractivity (Wildman–Crippen MR) is 164 cm³/mol. The third-order valence-electron chi connectivity index (χ3n) is 7.04. The van der Waals surface area contributed by atoms with E-state index in [1.165, 1.54) is 6.07 Å². The van der Waals surface area contributed by atoms with E-state index in [0.717, 1.165) is 38.9 Å². The molecular formula is C36H23FIrN4O-2. The van der Waals surface area contributed by atoms with Gasteiger partial charge in [-0.05, 0) is 47.8 Å². The molecule has 0 aliphatic carbocycles. The monoisotopic (exact) mass is 739 g/mol. The van der Waals surface area contributed by atoms with Gasteiger partial charge in [-0.25, -0.2) is 0 Å². The Labute approximate surface area is 261 Å². The van der Waals surface area contributed by atoms with E-state index in [-0.39, 0.29) is 25.9 Å². The first kappa shape index (κ1) is 28.2. The Morgan fingerprint density at radius 1 is 0.837 bits per heavy atom. The van der Waals surface area contributed by atoms with Gasteiger partial charge in [-0.2, -0.15) is 0 Å². The largest absolute Gasteiger partial charge is 0.500 e. The zero-order valence-corrected chi connectivity index (χ0v) is 25.4. The molecule has 4 aromatic heterocycles. The number of pyridine rings is 2. The fraction of sp³-hybridized carbons (Fsp3) is 0.0278. The summed E-state index contributed by atoms with van der Waals surface area (Å²) in [7, 11) is 0. The number of hydrogen-bond donors (Lipinski definition) is 0. The van der Waals surface area contributed by atoms with Gasteiger partial charge in [-0.15, -0.1) is 48.0 Å². The number of aromatic nitrogens is 4. The molecule has 1 radical (unpaired) electrons. The molecule has 0 bridgehead atoms. The van der Waals surface area contributed by atoms with E-state index in [4.69, 9.17) is 9.40 Å². The van der Waals surface area contributed by atoms with Crippen LogP contribution in [0.4, 0.5) is 4.39 Å². The second-order valence-electron chi connectivity index (χ2n) is 9.74. The number of imidazole rings is 1. The number of aryl methyl sites for hydroxylation is 1. The van der Waals surface area contributed by atoms with Crippen LogP contribution < -0.4 is 0 Å². The summed E-state index contributed by atoms with van der Waals surface area (Å²) in [5.74, 6) is 0.273. The smallest absolute Gasteiger partial charge is 0.121 e. The normalized spacial score (nSPS) is 10.8. The van der Waals surface area contributed by atoms with Crippen LogP contribution in [0.25, 0.3) is 61.3 Å². The first-order chi connectivity index (χ1) is 20.7. The molecule has 0 amide bonds. The third kappa shape index (κ3) is 5.25. The van der Waals surface area contributed by atoms with Gasteiger partial charge in [-0.1, -0.05) is 54.1 Å². The van der Waals surface area contributed by atoms with Crippen molar-refractivity contribution in [2.45, 2.75) is 6.92 Å². The molecule has 0 saturated carbocycles. The summed E-state index contributed by atoms with van der Waals surface area (Å²) in [5.41, 5.74) is 7.31. The van der Waals surface area contributed by atoms with Gasteiger partial charge in [0.2, 0.25) is 0 Å². The Kier molecular flexibility index (Phi) is 7.92. The molecular weight excluding hydrogens is 716 g/mol. The van der Waals surface area contributed by atoms with Gasteiger partial charge in [0, 0.05) is 49.4 Å². The maximum atomic E-state index is 14.8. The number of nitrogens with zero attached hydrogens (tertiary/aromatic N) is 4. The molecule has 0 N–H and O–H groups in total. The second-order valence-corrected chi connectivity index (χ2v) is 9.74. The van der Waals surface area contributed by atoms with Crippen LogP contribution in [0.2, 0.25) is 0 Å². The predicted octanol–water partition coefficient (Wildman–Crippen LogP) is 8.78. The summed E-state index contributed by atoms with van der Waals surface area (Å²) in [6, 6.07) is 38.6. The van der Waals surface area contributed by atoms with Crippen LogP contribution in [-0.4, -0.2) is 19.5 Å².